The van der Waals surface area contributed by atoms with Crippen molar-refractivity contribution in [1.82, 2.24) is 0 Å². The van der Waals surface area contributed by atoms with Gasteiger partial charge in [-0.25, -0.2) is 0 Å². The minimum Gasteiger partial charge on any atom is -0.504 e. The number of hydrogen-bond acceptors (Lipinski definition) is 3. The summed E-state index contributed by atoms with van der Waals surface area (Å²) in [6.07, 6.45) is 0.0454. The van der Waals surface area contributed by atoms with Crippen molar-refractivity contribution < 1.29 is 27.6 Å². The molecule has 1 N–H and O–H groups in total. The lowest BCUT2D eigenvalue weighted by atomic mass is 9.77. The van der Waals surface area contributed by atoms with Crippen LogP contribution < -0.4 is 10.2 Å². The van der Waals surface area contributed by atoms with Crippen LogP contribution in [0.1, 0.15) is 10.4 Å². The van der Waals surface area contributed by atoms with Gasteiger partial charge in [-0.15, -0.1) is 0 Å². The number of phenols is 1. The highest BCUT2D eigenvalue weighted by Gasteiger charge is 2.29. The predicted molar refractivity (Wildman–Crippen MR) is 48.8 cm³/mol. The Morgan fingerprint density at radius 1 is 1.40 bits per heavy atom. The molecule has 0 saturated carbocycles. The highest BCUT2D eigenvalue weighted by Crippen LogP contribution is 2.27. The first-order chi connectivity index (χ1) is 6.90. The Labute approximate surface area is 83.5 Å². The van der Waals surface area contributed by atoms with E-state index in [2.05, 4.69) is 4.74 Å². The van der Waals surface area contributed by atoms with E-state index in [1.165, 1.54) is 0 Å². The molecule has 1 aromatic carbocycles. The Hall–Kier alpha value is -1.66. The average Bonchev–Trinajstić information content (AvgIpc) is 2.15. The fraction of sp³-hybridized carbons (Fsp3) is 0.125. The maximum Gasteiger partial charge on any atom is 0.510 e. The fourth-order valence-corrected chi connectivity index (χ4v) is 1.15. The number of methoxy groups -OCH3 is 1. The Morgan fingerprint density at radius 2 is 2.00 bits per heavy atom. The Kier molecular flexibility index (Phi) is 2.92. The maximum absolute atomic E-state index is 12.4. The third kappa shape index (κ3) is 2.23. The molecule has 0 aromatic heterocycles. The molecular weight excluding hydrogens is 212 g/mol. The van der Waals surface area contributed by atoms with E-state index < -0.39 is 23.8 Å². The van der Waals surface area contributed by atoms with Gasteiger partial charge in [0, 0.05) is 0 Å². The summed E-state index contributed by atoms with van der Waals surface area (Å²) in [5.74, 6) is -0.807. The molecule has 0 unspecified atom stereocenters. The summed E-state index contributed by atoms with van der Waals surface area (Å²) in [5, 5.41) is 9.17. The molecule has 0 spiro atoms. The second-order valence-corrected chi connectivity index (χ2v) is 2.85. The minimum absolute atomic E-state index is 0.0454. The summed E-state index contributed by atoms with van der Waals surface area (Å²) in [6, 6.07) is 1.34. The fourth-order valence-electron chi connectivity index (χ4n) is 1.15. The number of phenolic OH excluding ortho intramolecular Hbond substituents is 1. The van der Waals surface area contributed by atoms with Crippen molar-refractivity contribution in [2.45, 2.75) is 0 Å². The Bertz CT molecular complexity index is 389. The number of aromatic hydroxyl groups is 1. The third-order valence-electron chi connectivity index (χ3n) is 1.86. The van der Waals surface area contributed by atoms with E-state index in [9.17, 15) is 17.7 Å². The number of hydrogen-bond donors (Lipinski definition) is 1. The zero-order valence-corrected chi connectivity index (χ0v) is 7.71. The summed E-state index contributed by atoms with van der Waals surface area (Å²) in [7, 11) is 1.13. The van der Waals surface area contributed by atoms with Gasteiger partial charge in [0.1, 0.15) is 6.29 Å². The molecule has 0 heterocycles. The van der Waals surface area contributed by atoms with Crippen molar-refractivity contribution in [3.63, 3.8) is 0 Å². The quantitative estimate of drug-likeness (QED) is 0.614. The van der Waals surface area contributed by atoms with E-state index in [0.29, 0.717) is 6.07 Å². The molecule has 1 aromatic rings. The van der Waals surface area contributed by atoms with Crippen LogP contribution >= 0.6 is 0 Å². The first-order valence-corrected chi connectivity index (χ1v) is 3.96. The van der Waals surface area contributed by atoms with Gasteiger partial charge < -0.3 is 22.8 Å². The Balaban J connectivity index is 3.42. The van der Waals surface area contributed by atoms with Crippen LogP contribution in [0.25, 0.3) is 0 Å². The van der Waals surface area contributed by atoms with E-state index in [1.807, 2.05) is 0 Å². The molecule has 0 saturated heterocycles. The summed E-state index contributed by atoms with van der Waals surface area (Å²) in [4.78, 5) is 10.4. The second-order valence-electron chi connectivity index (χ2n) is 2.85. The van der Waals surface area contributed by atoms with Crippen LogP contribution in [0.4, 0.5) is 12.9 Å². The molecule has 0 radical (unpaired) electrons. The number of carbonyl (C=O) groups is 1. The van der Waals surface area contributed by atoms with Crippen LogP contribution in [-0.2, 0) is 0 Å². The monoisotopic (exact) mass is 219 g/mol. The molecule has 7 heteroatoms. The lowest BCUT2D eigenvalue weighted by molar-refractivity contribution is 0.112. The van der Waals surface area contributed by atoms with E-state index in [0.717, 1.165) is 13.2 Å². The normalized spacial score (nSPS) is 11.2. The summed E-state index contributed by atoms with van der Waals surface area (Å²) < 4.78 is 41.9. The molecule has 3 nitrogen and oxygen atoms in total. The predicted octanol–water partition coefficient (Wildman–Crippen LogP) is 1.27. The van der Waals surface area contributed by atoms with Gasteiger partial charge >= 0.3 is 6.98 Å². The SMILES string of the molecule is COc1cc([B-](F)(F)F)c(C=O)cc1O. The van der Waals surface area contributed by atoms with Gasteiger partial charge in [-0.3, -0.25) is 4.79 Å². The molecule has 0 aliphatic rings. The molecule has 82 valence electrons. The number of carbonyl (C=O) groups excluding carboxylic acids is 1. The zero-order valence-electron chi connectivity index (χ0n) is 7.71. The van der Waals surface area contributed by atoms with Gasteiger partial charge in [0.15, 0.2) is 11.5 Å². The standard InChI is InChI=1S/C8H7BF3O3/c1-15-8-3-6(9(10,11)12)5(4-13)2-7(8)14/h2-4,14H,1H3/q-1. The van der Waals surface area contributed by atoms with Crippen LogP contribution in [0.3, 0.4) is 0 Å². The van der Waals surface area contributed by atoms with Crippen LogP contribution in [0.15, 0.2) is 12.1 Å². The molecular formula is C8H7BF3O3-. The summed E-state index contributed by atoms with van der Waals surface area (Å²) in [6.45, 7) is -5.30. The van der Waals surface area contributed by atoms with Crippen LogP contribution in [0, 0.1) is 0 Å². The van der Waals surface area contributed by atoms with Gasteiger partial charge in [-0.2, -0.15) is 0 Å². The molecule has 0 aliphatic carbocycles. The number of halogens is 3. The van der Waals surface area contributed by atoms with Crippen molar-refractivity contribution in [2.75, 3.05) is 7.11 Å². The van der Waals surface area contributed by atoms with Gasteiger partial charge in [0.2, 0.25) is 0 Å². The second kappa shape index (κ2) is 3.84. The molecule has 0 aliphatic heterocycles. The number of ether oxygens (including phenoxy) is 1. The van der Waals surface area contributed by atoms with E-state index >= 15 is 0 Å². The van der Waals surface area contributed by atoms with Crippen LogP contribution in [0.2, 0.25) is 0 Å². The van der Waals surface area contributed by atoms with E-state index in [-0.39, 0.29) is 12.0 Å². The van der Waals surface area contributed by atoms with Gasteiger partial charge in [0.25, 0.3) is 0 Å². The lowest BCUT2D eigenvalue weighted by Gasteiger charge is -2.18. The van der Waals surface area contributed by atoms with E-state index in [1.54, 1.807) is 0 Å². The summed E-state index contributed by atoms with van der Waals surface area (Å²) >= 11 is 0. The highest BCUT2D eigenvalue weighted by atomic mass is 19.4. The molecule has 15 heavy (non-hydrogen) atoms. The highest BCUT2D eigenvalue weighted by molar-refractivity contribution is 6.74. The molecule has 0 fully saturated rings. The number of aldehydes is 1. The van der Waals surface area contributed by atoms with Crippen LogP contribution in [0.5, 0.6) is 11.5 Å². The first kappa shape index (κ1) is 11.4. The molecule has 1 rings (SSSR count). The number of benzene rings is 1. The van der Waals surface area contributed by atoms with Crippen molar-refractivity contribution >= 4 is 18.7 Å². The average molecular weight is 219 g/mol. The molecule has 0 amide bonds. The van der Waals surface area contributed by atoms with Crippen molar-refractivity contribution in [3.8, 4) is 11.5 Å². The smallest absolute Gasteiger partial charge is 0.504 e. The maximum atomic E-state index is 12.4. The van der Waals surface area contributed by atoms with Crippen molar-refractivity contribution in [1.29, 1.82) is 0 Å². The Morgan fingerprint density at radius 3 is 2.40 bits per heavy atom. The van der Waals surface area contributed by atoms with Gasteiger partial charge in [0.05, 0.1) is 7.11 Å². The van der Waals surface area contributed by atoms with Crippen molar-refractivity contribution in [3.05, 3.63) is 17.7 Å². The largest absolute Gasteiger partial charge is 0.510 e. The van der Waals surface area contributed by atoms with E-state index in [4.69, 9.17) is 5.11 Å². The zero-order chi connectivity index (χ0) is 11.6. The molecule has 0 atom stereocenters. The lowest BCUT2D eigenvalue weighted by Crippen LogP contribution is -2.36. The first-order valence-electron chi connectivity index (χ1n) is 3.96. The third-order valence-corrected chi connectivity index (χ3v) is 1.86. The summed E-state index contributed by atoms with van der Waals surface area (Å²) in [5.41, 5.74) is -1.67. The van der Waals surface area contributed by atoms with Crippen LogP contribution in [-0.4, -0.2) is 25.5 Å². The van der Waals surface area contributed by atoms with Gasteiger partial charge in [-0.1, -0.05) is 5.46 Å². The topological polar surface area (TPSA) is 46.5 Å². The van der Waals surface area contributed by atoms with Gasteiger partial charge in [-0.05, 0) is 17.7 Å². The molecule has 0 bridgehead atoms. The minimum atomic E-state index is -5.30. The van der Waals surface area contributed by atoms with Crippen molar-refractivity contribution in [2.24, 2.45) is 0 Å². The number of rotatable bonds is 3.